The molecule has 2 heterocycles. The lowest BCUT2D eigenvalue weighted by atomic mass is 9.85. The van der Waals surface area contributed by atoms with Crippen molar-refractivity contribution in [3.8, 4) is 12.1 Å². The van der Waals surface area contributed by atoms with Gasteiger partial charge in [-0.3, -0.25) is 9.80 Å². The Labute approximate surface area is 238 Å². The van der Waals surface area contributed by atoms with Crippen molar-refractivity contribution in [2.75, 3.05) is 13.1 Å². The van der Waals surface area contributed by atoms with Crippen LogP contribution in [0.25, 0.3) is 0 Å². The van der Waals surface area contributed by atoms with Crippen molar-refractivity contribution in [1.29, 1.82) is 10.5 Å². The van der Waals surface area contributed by atoms with Gasteiger partial charge in [-0.1, -0.05) is 121 Å². The minimum Gasteiger partial charge on any atom is -0.287 e. The largest absolute Gasteiger partial charge is 0.287 e. The number of nitriles is 2. The van der Waals surface area contributed by atoms with Crippen LogP contribution in [0.4, 0.5) is 0 Å². The Morgan fingerprint density at radius 3 is 0.950 bits per heavy atom. The summed E-state index contributed by atoms with van der Waals surface area (Å²) in [6.45, 7) is 6.00. The third-order valence-corrected chi connectivity index (χ3v) is 8.48. The fraction of sp³-hybridized carbons (Fsp3) is 0.278. The molecule has 0 saturated carbocycles. The van der Waals surface area contributed by atoms with E-state index in [4.69, 9.17) is 10.5 Å². The summed E-state index contributed by atoms with van der Waals surface area (Å²) in [5, 5.41) is 18.2. The van der Waals surface area contributed by atoms with Gasteiger partial charge in [0.15, 0.2) is 0 Å². The summed E-state index contributed by atoms with van der Waals surface area (Å²) in [5.74, 6) is 0.315. The first kappa shape index (κ1) is 27.4. The van der Waals surface area contributed by atoms with Gasteiger partial charge in [0.05, 0.1) is 36.1 Å². The number of nitrogens with zero attached hydrogens (tertiary/aromatic N) is 4. The van der Waals surface area contributed by atoms with Gasteiger partial charge in [-0.15, -0.1) is 0 Å². The van der Waals surface area contributed by atoms with Crippen LogP contribution in [0.1, 0.15) is 48.2 Å². The van der Waals surface area contributed by atoms with Crippen LogP contribution < -0.4 is 0 Å². The van der Waals surface area contributed by atoms with Crippen LogP contribution in [-0.4, -0.2) is 35.0 Å². The predicted octanol–water partition coefficient (Wildman–Crippen LogP) is 7.24. The SMILES string of the molecule is C[C@@H]1[C@H](C#N)CN1C(c1ccccc1)c1ccccc1.C[C@H]1[C@@H](C#N)CN1C(c1ccccc1)c1ccccc1. The van der Waals surface area contributed by atoms with Crippen molar-refractivity contribution in [2.24, 2.45) is 11.8 Å². The Kier molecular flexibility index (Phi) is 8.72. The lowest BCUT2D eigenvalue weighted by Gasteiger charge is -2.48. The zero-order valence-electron chi connectivity index (χ0n) is 23.2. The Morgan fingerprint density at radius 1 is 0.500 bits per heavy atom. The second-order valence-corrected chi connectivity index (χ2v) is 10.8. The van der Waals surface area contributed by atoms with E-state index in [2.05, 4.69) is 133 Å². The molecule has 0 unspecified atom stereocenters. The van der Waals surface area contributed by atoms with Crippen molar-refractivity contribution >= 4 is 0 Å². The lowest BCUT2D eigenvalue weighted by Crippen LogP contribution is -2.55. The molecule has 4 nitrogen and oxygen atoms in total. The van der Waals surface area contributed by atoms with Crippen molar-refractivity contribution in [2.45, 2.75) is 38.0 Å². The van der Waals surface area contributed by atoms with E-state index in [-0.39, 0.29) is 23.9 Å². The van der Waals surface area contributed by atoms with Gasteiger partial charge < -0.3 is 0 Å². The molecule has 0 aromatic heterocycles. The molecule has 2 fully saturated rings. The summed E-state index contributed by atoms with van der Waals surface area (Å²) in [7, 11) is 0. The second kappa shape index (κ2) is 12.8. The number of hydrogen-bond acceptors (Lipinski definition) is 4. The summed E-state index contributed by atoms with van der Waals surface area (Å²) >= 11 is 0. The average molecular weight is 525 g/mol. The topological polar surface area (TPSA) is 54.1 Å². The highest BCUT2D eigenvalue weighted by Gasteiger charge is 2.41. The highest BCUT2D eigenvalue weighted by atomic mass is 15.3. The van der Waals surface area contributed by atoms with E-state index in [1.165, 1.54) is 22.3 Å². The molecule has 0 spiro atoms. The molecule has 4 atom stereocenters. The fourth-order valence-corrected chi connectivity index (χ4v) is 5.95. The van der Waals surface area contributed by atoms with E-state index in [0.29, 0.717) is 12.1 Å². The maximum atomic E-state index is 9.12. The van der Waals surface area contributed by atoms with Crippen molar-refractivity contribution in [3.05, 3.63) is 144 Å². The predicted molar refractivity (Wildman–Crippen MR) is 160 cm³/mol. The van der Waals surface area contributed by atoms with E-state index >= 15 is 0 Å². The molecule has 0 aliphatic carbocycles. The molecule has 0 amide bonds. The van der Waals surface area contributed by atoms with E-state index in [0.717, 1.165) is 13.1 Å². The molecule has 2 aliphatic heterocycles. The Morgan fingerprint density at radius 2 is 0.750 bits per heavy atom. The van der Waals surface area contributed by atoms with Gasteiger partial charge in [0, 0.05) is 25.2 Å². The van der Waals surface area contributed by atoms with Gasteiger partial charge in [-0.2, -0.15) is 10.5 Å². The third-order valence-electron chi connectivity index (χ3n) is 8.48. The summed E-state index contributed by atoms with van der Waals surface area (Å²) in [4.78, 5) is 4.83. The first-order chi connectivity index (χ1) is 19.6. The molecular weight excluding hydrogens is 488 g/mol. The molecule has 4 aromatic rings. The van der Waals surface area contributed by atoms with Crippen LogP contribution in [0, 0.1) is 34.5 Å². The van der Waals surface area contributed by atoms with Gasteiger partial charge in [-0.25, -0.2) is 0 Å². The maximum absolute atomic E-state index is 9.12. The molecule has 0 radical (unpaired) electrons. The zero-order valence-corrected chi connectivity index (χ0v) is 23.2. The maximum Gasteiger partial charge on any atom is 0.0743 e. The molecule has 4 heteroatoms. The first-order valence-electron chi connectivity index (χ1n) is 14.1. The standard InChI is InChI=1S/2C18H18N2/c2*1-14-17(12-19)13-20(14)18(15-8-4-2-5-9-15)16-10-6-3-7-11-16/h2*2-11,14,17-18H,13H2,1H3/t2*14-,17-/m10/s1. The minimum atomic E-state index is 0.157. The van der Waals surface area contributed by atoms with E-state index < -0.39 is 0 Å². The van der Waals surface area contributed by atoms with Crippen molar-refractivity contribution < 1.29 is 0 Å². The number of hydrogen-bond donors (Lipinski definition) is 0. The van der Waals surface area contributed by atoms with Gasteiger partial charge in [0.2, 0.25) is 0 Å². The smallest absolute Gasteiger partial charge is 0.0743 e. The van der Waals surface area contributed by atoms with Crippen LogP contribution >= 0.6 is 0 Å². The Hall–Kier alpha value is -4.22. The van der Waals surface area contributed by atoms with Crippen molar-refractivity contribution in [1.82, 2.24) is 9.80 Å². The van der Waals surface area contributed by atoms with Crippen molar-refractivity contribution in [3.63, 3.8) is 0 Å². The molecule has 2 aliphatic rings. The van der Waals surface area contributed by atoms with Crippen LogP contribution in [0.2, 0.25) is 0 Å². The highest BCUT2D eigenvalue weighted by molar-refractivity contribution is 5.34. The van der Waals surface area contributed by atoms with E-state index in [1.54, 1.807) is 0 Å². The Balaban J connectivity index is 0.000000161. The van der Waals surface area contributed by atoms with E-state index in [1.807, 2.05) is 24.3 Å². The van der Waals surface area contributed by atoms with Crippen LogP contribution in [0.3, 0.4) is 0 Å². The minimum absolute atomic E-state index is 0.157. The quantitative estimate of drug-likeness (QED) is 0.267. The monoisotopic (exact) mass is 524 g/mol. The van der Waals surface area contributed by atoms with Crippen LogP contribution in [0.15, 0.2) is 121 Å². The average Bonchev–Trinajstić information content (AvgIpc) is 3.02. The molecule has 0 N–H and O–H groups in total. The summed E-state index contributed by atoms with van der Waals surface area (Å²) in [6, 6.07) is 48.1. The molecule has 2 saturated heterocycles. The molecule has 6 rings (SSSR count). The number of likely N-dealkylation sites (tertiary alicyclic amines) is 2. The van der Waals surface area contributed by atoms with Gasteiger partial charge >= 0.3 is 0 Å². The molecular formula is C36H36N4. The van der Waals surface area contributed by atoms with E-state index in [9.17, 15) is 0 Å². The molecule has 4 aromatic carbocycles. The summed E-state index contributed by atoms with van der Waals surface area (Å²) in [6.07, 6.45) is 0. The van der Waals surface area contributed by atoms with Crippen LogP contribution in [0.5, 0.6) is 0 Å². The third kappa shape index (κ3) is 5.70. The molecule has 200 valence electrons. The zero-order chi connectivity index (χ0) is 27.9. The second-order valence-electron chi connectivity index (χ2n) is 10.8. The van der Waals surface area contributed by atoms with Gasteiger partial charge in [0.25, 0.3) is 0 Å². The summed E-state index contributed by atoms with van der Waals surface area (Å²) < 4.78 is 0. The fourth-order valence-electron chi connectivity index (χ4n) is 5.95. The normalized spacial score (nSPS) is 22.2. The van der Waals surface area contributed by atoms with Gasteiger partial charge in [-0.05, 0) is 36.1 Å². The first-order valence-corrected chi connectivity index (χ1v) is 14.1. The lowest BCUT2D eigenvalue weighted by molar-refractivity contribution is 0.0289. The number of rotatable bonds is 6. The Bertz CT molecular complexity index is 1230. The van der Waals surface area contributed by atoms with Crippen LogP contribution in [-0.2, 0) is 0 Å². The molecule has 0 bridgehead atoms. The molecule has 40 heavy (non-hydrogen) atoms. The summed E-state index contributed by atoms with van der Waals surface area (Å²) in [5.41, 5.74) is 5.17. The highest BCUT2D eigenvalue weighted by Crippen LogP contribution is 2.39. The van der Waals surface area contributed by atoms with Gasteiger partial charge in [0.1, 0.15) is 0 Å². The number of benzene rings is 4.